The maximum Gasteiger partial charge on any atom is 0.317 e. The minimum Gasteiger partial charge on any atom is -0.390 e. The Morgan fingerprint density at radius 3 is 2.09 bits per heavy atom. The van der Waals surface area contributed by atoms with Crippen LogP contribution in [-0.2, 0) is 6.54 Å². The lowest BCUT2D eigenvalue weighted by molar-refractivity contribution is 0.0725. The van der Waals surface area contributed by atoms with Crippen LogP contribution < -0.4 is 5.32 Å². The predicted octanol–water partition coefficient (Wildman–Crippen LogP) is 3.82. The van der Waals surface area contributed by atoms with Gasteiger partial charge in [0.25, 0.3) is 0 Å². The fourth-order valence-corrected chi connectivity index (χ4v) is 5.41. The van der Waals surface area contributed by atoms with Crippen LogP contribution in [-0.4, -0.2) is 70.4 Å². The van der Waals surface area contributed by atoms with Crippen molar-refractivity contribution in [1.29, 1.82) is 0 Å². The first kappa shape index (κ1) is 21.3. The van der Waals surface area contributed by atoms with E-state index in [1.165, 1.54) is 30.0 Å². The summed E-state index contributed by atoms with van der Waals surface area (Å²) in [6.07, 6.45) is 5.51. The van der Waals surface area contributed by atoms with Gasteiger partial charge in [-0.2, -0.15) is 0 Å². The van der Waals surface area contributed by atoms with Crippen molar-refractivity contribution < 1.29 is 9.90 Å². The van der Waals surface area contributed by atoms with Crippen LogP contribution in [0, 0.1) is 0 Å². The number of carbonyl (C=O) groups is 1. The summed E-state index contributed by atoms with van der Waals surface area (Å²) in [5.41, 5.74) is 2.33. The average Bonchev–Trinajstić information content (AvgIpc) is 3.14. The van der Waals surface area contributed by atoms with Gasteiger partial charge in [-0.15, -0.1) is 0 Å². The number of carbonyl (C=O) groups excluding carboxylic acids is 1. The number of piperazine rings is 1. The lowest BCUT2D eigenvalue weighted by atomic mass is 9.96. The van der Waals surface area contributed by atoms with Crippen LogP contribution in [0.25, 0.3) is 21.8 Å². The monoisotopic (exact) mass is 434 g/mol. The molecular formula is C26H34N4O2. The molecule has 6 nitrogen and oxygen atoms in total. The lowest BCUT2D eigenvalue weighted by Crippen LogP contribution is -2.54. The fourth-order valence-electron chi connectivity index (χ4n) is 5.41. The average molecular weight is 435 g/mol. The first-order valence-corrected chi connectivity index (χ1v) is 12.1. The first-order valence-electron chi connectivity index (χ1n) is 12.1. The van der Waals surface area contributed by atoms with Crippen LogP contribution in [0.15, 0.2) is 48.5 Å². The molecule has 2 heterocycles. The van der Waals surface area contributed by atoms with E-state index in [0.29, 0.717) is 19.1 Å². The van der Waals surface area contributed by atoms with Crippen LogP contribution in [0.1, 0.15) is 32.1 Å². The molecule has 5 rings (SSSR count). The molecule has 6 heteroatoms. The summed E-state index contributed by atoms with van der Waals surface area (Å²) in [6.45, 7) is 4.25. The van der Waals surface area contributed by atoms with Gasteiger partial charge in [0.1, 0.15) is 0 Å². The number of para-hydroxylation sites is 2. The van der Waals surface area contributed by atoms with E-state index in [4.69, 9.17) is 0 Å². The molecule has 1 saturated heterocycles. The Morgan fingerprint density at radius 2 is 1.47 bits per heavy atom. The minimum absolute atomic E-state index is 0.0855. The zero-order chi connectivity index (χ0) is 21.9. The Balaban J connectivity index is 1.17. The van der Waals surface area contributed by atoms with E-state index in [2.05, 4.69) is 63.3 Å². The molecule has 0 unspecified atom stereocenters. The van der Waals surface area contributed by atoms with E-state index >= 15 is 0 Å². The number of aliphatic hydroxyl groups is 1. The lowest BCUT2D eigenvalue weighted by Gasteiger charge is -2.36. The molecule has 0 spiro atoms. The number of urea groups is 1. The third kappa shape index (κ3) is 4.48. The maximum atomic E-state index is 12.6. The standard InChI is InChI=1S/C26H34N4O2/c31-21(19-30-24-12-6-4-10-22(24)23-11-5-7-13-25(23)30)18-28-14-16-29(17-15-28)26(32)27-20-8-2-1-3-9-20/h4-7,10-13,20-21,31H,1-3,8-9,14-19H2,(H,27,32)/t21-/m1/s1. The Bertz CT molecular complexity index is 1010. The smallest absolute Gasteiger partial charge is 0.317 e. The molecule has 2 N–H and O–H groups in total. The van der Waals surface area contributed by atoms with Crippen LogP contribution in [0.3, 0.4) is 0 Å². The molecule has 1 aliphatic carbocycles. The molecule has 170 valence electrons. The van der Waals surface area contributed by atoms with Crippen LogP contribution >= 0.6 is 0 Å². The third-order valence-corrected chi connectivity index (χ3v) is 7.13. The second-order valence-corrected chi connectivity index (χ2v) is 9.37. The number of hydrogen-bond donors (Lipinski definition) is 2. The van der Waals surface area contributed by atoms with Crippen LogP contribution in [0.4, 0.5) is 4.79 Å². The van der Waals surface area contributed by atoms with Crippen molar-refractivity contribution in [2.45, 2.75) is 50.8 Å². The van der Waals surface area contributed by atoms with Crippen molar-refractivity contribution in [1.82, 2.24) is 19.7 Å². The summed E-state index contributed by atoms with van der Waals surface area (Å²) in [6, 6.07) is 17.3. The van der Waals surface area contributed by atoms with Gasteiger partial charge in [0.15, 0.2) is 0 Å². The summed E-state index contributed by atoms with van der Waals surface area (Å²) in [5, 5.41) is 16.6. The third-order valence-electron chi connectivity index (χ3n) is 7.13. The summed E-state index contributed by atoms with van der Waals surface area (Å²) in [5.74, 6) is 0. The van der Waals surface area contributed by atoms with Gasteiger partial charge in [-0.1, -0.05) is 55.7 Å². The van der Waals surface area contributed by atoms with Crippen molar-refractivity contribution in [3.05, 3.63) is 48.5 Å². The molecule has 1 atom stereocenters. The molecule has 0 radical (unpaired) electrons. The van der Waals surface area contributed by atoms with Gasteiger partial charge in [-0.3, -0.25) is 4.90 Å². The number of hydrogen-bond acceptors (Lipinski definition) is 3. The molecular weight excluding hydrogens is 400 g/mol. The first-order chi connectivity index (χ1) is 15.7. The van der Waals surface area contributed by atoms with E-state index in [0.717, 1.165) is 50.1 Å². The molecule has 2 aromatic carbocycles. The van der Waals surface area contributed by atoms with Crippen molar-refractivity contribution in [2.24, 2.45) is 0 Å². The second kappa shape index (κ2) is 9.51. The van der Waals surface area contributed by atoms with Gasteiger partial charge in [0.05, 0.1) is 12.6 Å². The van der Waals surface area contributed by atoms with E-state index in [1.807, 2.05) is 4.90 Å². The number of aliphatic hydroxyl groups excluding tert-OH is 1. The number of benzene rings is 2. The molecule has 1 aromatic heterocycles. The Hall–Kier alpha value is -2.57. The molecule has 0 bridgehead atoms. The van der Waals surface area contributed by atoms with Crippen molar-refractivity contribution in [3.63, 3.8) is 0 Å². The van der Waals surface area contributed by atoms with Gasteiger partial charge in [0.2, 0.25) is 0 Å². The van der Waals surface area contributed by atoms with E-state index < -0.39 is 6.10 Å². The van der Waals surface area contributed by atoms with E-state index in [-0.39, 0.29) is 6.03 Å². The molecule has 3 aromatic rings. The Morgan fingerprint density at radius 1 is 0.875 bits per heavy atom. The number of β-amino-alcohol motifs (C(OH)–C–C–N with tert-alkyl or cyclic N) is 1. The van der Waals surface area contributed by atoms with Crippen LogP contribution in [0.5, 0.6) is 0 Å². The van der Waals surface area contributed by atoms with Crippen LogP contribution in [0.2, 0.25) is 0 Å². The SMILES string of the molecule is O=C(NC1CCCCC1)N1CCN(C[C@@H](O)Cn2c3ccccc3c3ccccc32)CC1. The summed E-state index contributed by atoms with van der Waals surface area (Å²) < 4.78 is 2.24. The summed E-state index contributed by atoms with van der Waals surface area (Å²) >= 11 is 0. The second-order valence-electron chi connectivity index (χ2n) is 9.37. The Labute approximate surface area is 189 Å². The zero-order valence-corrected chi connectivity index (χ0v) is 18.7. The number of nitrogens with one attached hydrogen (secondary N) is 1. The minimum atomic E-state index is -0.461. The van der Waals surface area contributed by atoms with E-state index in [1.54, 1.807) is 0 Å². The number of fused-ring (bicyclic) bond motifs is 3. The Kier molecular flexibility index (Phi) is 6.32. The molecule has 2 aliphatic rings. The van der Waals surface area contributed by atoms with Gasteiger partial charge in [-0.25, -0.2) is 4.79 Å². The highest BCUT2D eigenvalue weighted by molar-refractivity contribution is 6.07. The largest absolute Gasteiger partial charge is 0.390 e. The summed E-state index contributed by atoms with van der Waals surface area (Å²) in [4.78, 5) is 16.8. The van der Waals surface area contributed by atoms with Crippen molar-refractivity contribution >= 4 is 27.8 Å². The van der Waals surface area contributed by atoms with Crippen molar-refractivity contribution in [3.8, 4) is 0 Å². The topological polar surface area (TPSA) is 60.7 Å². The molecule has 2 amide bonds. The quantitative estimate of drug-likeness (QED) is 0.642. The molecule has 2 fully saturated rings. The zero-order valence-electron chi connectivity index (χ0n) is 18.7. The fraction of sp³-hybridized carbons (Fsp3) is 0.500. The molecule has 32 heavy (non-hydrogen) atoms. The number of rotatable bonds is 5. The number of amides is 2. The molecule has 1 saturated carbocycles. The maximum absolute atomic E-state index is 12.6. The predicted molar refractivity (Wildman–Crippen MR) is 129 cm³/mol. The highest BCUT2D eigenvalue weighted by Gasteiger charge is 2.25. The van der Waals surface area contributed by atoms with Crippen molar-refractivity contribution in [2.75, 3.05) is 32.7 Å². The number of nitrogens with zero attached hydrogens (tertiary/aromatic N) is 3. The van der Waals surface area contributed by atoms with Gasteiger partial charge >= 0.3 is 6.03 Å². The normalized spacial score (nSPS) is 19.5. The molecule has 1 aliphatic heterocycles. The number of aromatic nitrogens is 1. The van der Waals surface area contributed by atoms with Gasteiger partial charge < -0.3 is 19.9 Å². The highest BCUT2D eigenvalue weighted by Crippen LogP contribution is 2.29. The highest BCUT2D eigenvalue weighted by atomic mass is 16.3. The van der Waals surface area contributed by atoms with Gasteiger partial charge in [0, 0.05) is 60.6 Å². The van der Waals surface area contributed by atoms with Gasteiger partial charge in [-0.05, 0) is 25.0 Å². The summed E-state index contributed by atoms with van der Waals surface area (Å²) in [7, 11) is 0. The van der Waals surface area contributed by atoms with E-state index in [9.17, 15) is 9.90 Å².